The lowest BCUT2D eigenvalue weighted by Gasteiger charge is -2.29. The Morgan fingerprint density at radius 1 is 1.22 bits per heavy atom. The minimum absolute atomic E-state index is 0.0457. The van der Waals surface area contributed by atoms with Crippen LogP contribution in [0.25, 0.3) is 0 Å². The van der Waals surface area contributed by atoms with Crippen molar-refractivity contribution >= 4 is 11.7 Å². The Balaban J connectivity index is 1.68. The van der Waals surface area contributed by atoms with E-state index in [9.17, 15) is 9.18 Å². The highest BCUT2D eigenvalue weighted by atomic mass is 19.1. The highest BCUT2D eigenvalue weighted by molar-refractivity contribution is 5.89. The van der Waals surface area contributed by atoms with Gasteiger partial charge >= 0.3 is 6.03 Å². The molecule has 144 valence electrons. The molecule has 0 aliphatic carbocycles. The van der Waals surface area contributed by atoms with Crippen molar-refractivity contribution in [2.24, 2.45) is 0 Å². The molecule has 1 unspecified atom stereocenters. The van der Waals surface area contributed by atoms with Crippen LogP contribution in [0.2, 0.25) is 0 Å². The van der Waals surface area contributed by atoms with E-state index in [0.29, 0.717) is 17.8 Å². The molecule has 0 aromatic heterocycles. The fourth-order valence-electron chi connectivity index (χ4n) is 3.52. The molecule has 1 aliphatic heterocycles. The van der Waals surface area contributed by atoms with Gasteiger partial charge < -0.3 is 15.4 Å². The van der Waals surface area contributed by atoms with Gasteiger partial charge in [-0.15, -0.1) is 0 Å². The van der Waals surface area contributed by atoms with Gasteiger partial charge in [0.2, 0.25) is 0 Å². The average molecular weight is 371 g/mol. The van der Waals surface area contributed by atoms with E-state index in [1.807, 2.05) is 24.3 Å². The largest absolute Gasteiger partial charge is 0.496 e. The number of aryl methyl sites for hydroxylation is 1. The molecule has 0 bridgehead atoms. The van der Waals surface area contributed by atoms with Crippen molar-refractivity contribution in [2.45, 2.75) is 25.8 Å². The van der Waals surface area contributed by atoms with E-state index in [-0.39, 0.29) is 17.9 Å². The summed E-state index contributed by atoms with van der Waals surface area (Å²) in [6, 6.07) is 12.2. The summed E-state index contributed by atoms with van der Waals surface area (Å²) in [7, 11) is 1.66. The third-order valence-electron chi connectivity index (χ3n) is 4.95. The fourth-order valence-corrected chi connectivity index (χ4v) is 3.52. The molecule has 2 N–H and O–H groups in total. The van der Waals surface area contributed by atoms with Gasteiger partial charge in [-0.2, -0.15) is 0 Å². The lowest BCUT2D eigenvalue weighted by Crippen LogP contribution is -2.38. The Labute approximate surface area is 159 Å². The molecule has 0 radical (unpaired) electrons. The van der Waals surface area contributed by atoms with Crippen LogP contribution in [-0.2, 0) is 0 Å². The van der Waals surface area contributed by atoms with Crippen molar-refractivity contribution in [1.82, 2.24) is 10.2 Å². The maximum atomic E-state index is 13.4. The molecule has 2 aromatic carbocycles. The number of amides is 2. The maximum Gasteiger partial charge on any atom is 0.319 e. The fraction of sp³-hybridized carbons (Fsp3) is 0.381. The first-order valence-corrected chi connectivity index (χ1v) is 9.26. The number of nitrogens with one attached hydrogen (secondary N) is 2. The molecule has 2 amide bonds. The predicted molar refractivity (Wildman–Crippen MR) is 105 cm³/mol. The van der Waals surface area contributed by atoms with E-state index in [1.54, 1.807) is 26.2 Å². The number of rotatable bonds is 6. The average Bonchev–Trinajstić information content (AvgIpc) is 3.20. The molecule has 1 atom stereocenters. The van der Waals surface area contributed by atoms with Crippen LogP contribution in [0.4, 0.5) is 14.9 Å². The number of methoxy groups -OCH3 is 1. The number of anilines is 1. The molecule has 0 spiro atoms. The van der Waals surface area contributed by atoms with Crippen molar-refractivity contribution in [2.75, 3.05) is 32.1 Å². The highest BCUT2D eigenvalue weighted by Gasteiger charge is 2.26. The number of halogens is 1. The van der Waals surface area contributed by atoms with Gasteiger partial charge in [0.1, 0.15) is 11.6 Å². The number of hydrogen-bond acceptors (Lipinski definition) is 3. The van der Waals surface area contributed by atoms with Gasteiger partial charge in [0.25, 0.3) is 0 Å². The van der Waals surface area contributed by atoms with Gasteiger partial charge in [0, 0.05) is 17.8 Å². The predicted octanol–water partition coefficient (Wildman–Crippen LogP) is 4.10. The smallest absolute Gasteiger partial charge is 0.319 e. The van der Waals surface area contributed by atoms with Crippen LogP contribution in [0.1, 0.15) is 30.0 Å². The second-order valence-corrected chi connectivity index (χ2v) is 6.80. The van der Waals surface area contributed by atoms with Crippen molar-refractivity contribution < 1.29 is 13.9 Å². The summed E-state index contributed by atoms with van der Waals surface area (Å²) < 4.78 is 18.9. The van der Waals surface area contributed by atoms with Gasteiger partial charge in [-0.25, -0.2) is 9.18 Å². The van der Waals surface area contributed by atoms with Crippen molar-refractivity contribution in [1.29, 1.82) is 0 Å². The molecule has 1 fully saturated rings. The maximum absolute atomic E-state index is 13.4. The van der Waals surface area contributed by atoms with Crippen LogP contribution in [0.15, 0.2) is 42.5 Å². The van der Waals surface area contributed by atoms with E-state index < -0.39 is 0 Å². The van der Waals surface area contributed by atoms with E-state index in [4.69, 9.17) is 4.74 Å². The third kappa shape index (κ3) is 4.77. The molecule has 27 heavy (non-hydrogen) atoms. The van der Waals surface area contributed by atoms with Crippen LogP contribution < -0.4 is 15.4 Å². The molecule has 1 heterocycles. The van der Waals surface area contributed by atoms with Gasteiger partial charge in [-0.1, -0.05) is 18.2 Å². The zero-order chi connectivity index (χ0) is 19.2. The zero-order valence-electron chi connectivity index (χ0n) is 15.8. The first kappa shape index (κ1) is 19.2. The molecule has 2 aromatic rings. The first-order chi connectivity index (χ1) is 13.1. The van der Waals surface area contributed by atoms with Crippen molar-refractivity contribution in [3.8, 4) is 5.75 Å². The van der Waals surface area contributed by atoms with Gasteiger partial charge in [-0.3, -0.25) is 4.90 Å². The van der Waals surface area contributed by atoms with Crippen LogP contribution in [0, 0.1) is 12.7 Å². The van der Waals surface area contributed by atoms with Gasteiger partial charge in [0.05, 0.1) is 13.2 Å². The Morgan fingerprint density at radius 3 is 2.67 bits per heavy atom. The lowest BCUT2D eigenvalue weighted by atomic mass is 10.0. The summed E-state index contributed by atoms with van der Waals surface area (Å²) >= 11 is 0. The summed E-state index contributed by atoms with van der Waals surface area (Å²) in [5, 5.41) is 5.72. The first-order valence-electron chi connectivity index (χ1n) is 9.26. The molecule has 6 heteroatoms. The van der Waals surface area contributed by atoms with E-state index in [2.05, 4.69) is 15.5 Å². The van der Waals surface area contributed by atoms with Gasteiger partial charge in [0.15, 0.2) is 0 Å². The van der Waals surface area contributed by atoms with E-state index in [0.717, 1.165) is 37.2 Å². The molecular weight excluding hydrogens is 345 g/mol. The van der Waals surface area contributed by atoms with Crippen molar-refractivity contribution in [3.05, 3.63) is 59.4 Å². The number of ether oxygens (including phenoxy) is 1. The summed E-state index contributed by atoms with van der Waals surface area (Å²) in [5.74, 6) is 0.539. The number of benzene rings is 2. The van der Waals surface area contributed by atoms with Crippen molar-refractivity contribution in [3.63, 3.8) is 0 Å². The van der Waals surface area contributed by atoms with Crippen LogP contribution in [0.3, 0.4) is 0 Å². The molecular formula is C21H26FN3O2. The Morgan fingerprint density at radius 2 is 1.96 bits per heavy atom. The van der Waals surface area contributed by atoms with E-state index in [1.165, 1.54) is 6.07 Å². The van der Waals surface area contributed by atoms with E-state index >= 15 is 0 Å². The second-order valence-electron chi connectivity index (χ2n) is 6.80. The number of carbonyl (C=O) groups is 1. The summed E-state index contributed by atoms with van der Waals surface area (Å²) in [6.45, 7) is 4.14. The lowest BCUT2D eigenvalue weighted by molar-refractivity contribution is 0.224. The molecule has 1 saturated heterocycles. The summed E-state index contributed by atoms with van der Waals surface area (Å²) in [6.07, 6.45) is 2.32. The number of para-hydroxylation sites is 1. The number of nitrogens with zero attached hydrogens (tertiary/aromatic N) is 1. The number of hydrogen-bond donors (Lipinski definition) is 2. The minimum atomic E-state index is -0.305. The van der Waals surface area contributed by atoms with Crippen LogP contribution >= 0.6 is 0 Å². The zero-order valence-corrected chi connectivity index (χ0v) is 15.8. The summed E-state index contributed by atoms with van der Waals surface area (Å²) in [5.41, 5.74) is 2.14. The number of likely N-dealkylation sites (tertiary alicyclic amines) is 1. The monoisotopic (exact) mass is 371 g/mol. The van der Waals surface area contributed by atoms with Crippen LogP contribution in [-0.4, -0.2) is 37.7 Å². The standard InChI is InChI=1S/C21H26FN3O2/c1-15-13-16(9-10-18(15)22)24-21(26)23-14-19(25-11-5-6-12-25)17-7-3-4-8-20(17)27-2/h3-4,7-10,13,19H,5-6,11-12,14H2,1-2H3,(H2,23,24,26). The third-order valence-corrected chi connectivity index (χ3v) is 4.95. The molecule has 3 rings (SSSR count). The molecule has 0 saturated carbocycles. The number of carbonyl (C=O) groups excluding carboxylic acids is 1. The summed E-state index contributed by atoms with van der Waals surface area (Å²) in [4.78, 5) is 14.7. The second kappa shape index (κ2) is 8.86. The SMILES string of the molecule is COc1ccccc1C(CNC(=O)Nc1ccc(F)c(C)c1)N1CCCC1. The quantitative estimate of drug-likeness (QED) is 0.804. The van der Waals surface area contributed by atoms with Gasteiger partial charge in [-0.05, 0) is 62.7 Å². The Kier molecular flexibility index (Phi) is 6.29. The molecule has 5 nitrogen and oxygen atoms in total. The Hall–Kier alpha value is -2.60. The normalized spacial score (nSPS) is 15.4. The Bertz CT molecular complexity index is 791. The molecule has 1 aliphatic rings. The highest BCUT2D eigenvalue weighted by Crippen LogP contribution is 2.31. The van der Waals surface area contributed by atoms with Crippen LogP contribution in [0.5, 0.6) is 5.75 Å². The minimum Gasteiger partial charge on any atom is -0.496 e. The number of urea groups is 1. The topological polar surface area (TPSA) is 53.6 Å².